The first-order valence-electron chi connectivity index (χ1n) is 5.91. The molecule has 90 valence electrons. The number of nitrogens with zero attached hydrogens (tertiary/aromatic N) is 2. The zero-order valence-corrected chi connectivity index (χ0v) is 10.7. The Balaban J connectivity index is 2.13. The van der Waals surface area contributed by atoms with Gasteiger partial charge in [-0.3, -0.25) is 5.10 Å². The van der Waals surface area contributed by atoms with Crippen molar-refractivity contribution in [1.29, 1.82) is 0 Å². The Morgan fingerprint density at radius 1 is 1.62 bits per heavy atom. The van der Waals surface area contributed by atoms with Crippen molar-refractivity contribution in [3.05, 3.63) is 10.6 Å². The molecule has 0 radical (unpaired) electrons. The third-order valence-electron chi connectivity index (χ3n) is 3.00. The number of aromatic amines is 1. The molecule has 1 aromatic heterocycles. The second kappa shape index (κ2) is 5.10. The van der Waals surface area contributed by atoms with E-state index < -0.39 is 0 Å². The van der Waals surface area contributed by atoms with E-state index in [4.69, 9.17) is 17.0 Å². The van der Waals surface area contributed by atoms with E-state index in [-0.39, 0.29) is 0 Å². The van der Waals surface area contributed by atoms with Gasteiger partial charge in [-0.05, 0) is 25.1 Å². The lowest BCUT2D eigenvalue weighted by atomic mass is 10.0. The van der Waals surface area contributed by atoms with Crippen molar-refractivity contribution in [3.63, 3.8) is 0 Å². The lowest BCUT2D eigenvalue weighted by Crippen LogP contribution is -2.23. The van der Waals surface area contributed by atoms with E-state index in [1.54, 1.807) is 0 Å². The van der Waals surface area contributed by atoms with Crippen LogP contribution in [0.3, 0.4) is 0 Å². The van der Waals surface area contributed by atoms with E-state index in [2.05, 4.69) is 28.6 Å². The molecule has 0 saturated carbocycles. The van der Waals surface area contributed by atoms with Crippen molar-refractivity contribution in [2.24, 2.45) is 5.92 Å². The minimum Gasteiger partial charge on any atom is -0.381 e. The van der Waals surface area contributed by atoms with Gasteiger partial charge < -0.3 is 9.30 Å². The molecule has 1 aliphatic rings. The van der Waals surface area contributed by atoms with E-state index in [0.717, 1.165) is 36.8 Å². The van der Waals surface area contributed by atoms with Crippen LogP contribution in [0.2, 0.25) is 0 Å². The molecule has 2 rings (SSSR count). The topological polar surface area (TPSA) is 42.8 Å². The smallest absolute Gasteiger partial charge is 0.195 e. The second-order valence-corrected chi connectivity index (χ2v) is 5.12. The molecule has 0 bridgehead atoms. The molecule has 5 heteroatoms. The summed E-state index contributed by atoms with van der Waals surface area (Å²) >= 11 is 5.26. The number of hydrogen-bond donors (Lipinski definition) is 1. The number of ether oxygens (including phenoxy) is 1. The number of nitrogens with one attached hydrogen (secondary N) is 1. The average molecular weight is 241 g/mol. The first-order valence-corrected chi connectivity index (χ1v) is 6.32. The summed E-state index contributed by atoms with van der Waals surface area (Å²) in [4.78, 5) is 0. The van der Waals surface area contributed by atoms with Crippen LogP contribution in [0.5, 0.6) is 0 Å². The highest BCUT2D eigenvalue weighted by atomic mass is 32.1. The molecule has 1 saturated heterocycles. The zero-order valence-electron chi connectivity index (χ0n) is 9.90. The molecule has 1 fully saturated rings. The van der Waals surface area contributed by atoms with Gasteiger partial charge in [-0.25, -0.2) is 0 Å². The molecule has 0 aromatic carbocycles. The second-order valence-electron chi connectivity index (χ2n) is 4.74. The fourth-order valence-corrected chi connectivity index (χ4v) is 2.37. The fraction of sp³-hybridized carbons (Fsp3) is 0.818. The van der Waals surface area contributed by atoms with Crippen molar-refractivity contribution < 1.29 is 4.74 Å². The largest absolute Gasteiger partial charge is 0.381 e. The Bertz CT molecular complexity index is 390. The summed E-state index contributed by atoms with van der Waals surface area (Å²) in [5.41, 5.74) is 0. The molecule has 0 amide bonds. The van der Waals surface area contributed by atoms with E-state index >= 15 is 0 Å². The van der Waals surface area contributed by atoms with Gasteiger partial charge in [0, 0.05) is 25.0 Å². The predicted octanol–water partition coefficient (Wildman–Crippen LogP) is 2.49. The molecular formula is C11H19N3OS. The first kappa shape index (κ1) is 11.8. The maximum atomic E-state index is 5.49. The number of aromatic nitrogens is 3. The zero-order chi connectivity index (χ0) is 11.5. The third kappa shape index (κ3) is 2.52. The summed E-state index contributed by atoms with van der Waals surface area (Å²) in [5, 5.41) is 7.17. The quantitative estimate of drug-likeness (QED) is 0.827. The molecule has 2 heterocycles. The van der Waals surface area contributed by atoms with E-state index in [1.165, 1.54) is 6.42 Å². The molecular weight excluding hydrogens is 222 g/mol. The molecule has 0 aliphatic carbocycles. The van der Waals surface area contributed by atoms with Crippen LogP contribution in [-0.4, -0.2) is 28.0 Å². The van der Waals surface area contributed by atoms with Crippen LogP contribution < -0.4 is 0 Å². The monoisotopic (exact) mass is 241 g/mol. The summed E-state index contributed by atoms with van der Waals surface area (Å²) in [6, 6.07) is 0. The van der Waals surface area contributed by atoms with Gasteiger partial charge in [0.15, 0.2) is 4.77 Å². The Hall–Kier alpha value is -0.680. The van der Waals surface area contributed by atoms with Crippen molar-refractivity contribution in [2.45, 2.75) is 39.2 Å². The summed E-state index contributed by atoms with van der Waals surface area (Å²) < 4.78 is 8.35. The van der Waals surface area contributed by atoms with Gasteiger partial charge in [-0.15, -0.1) is 0 Å². The fourth-order valence-electron chi connectivity index (χ4n) is 2.16. The van der Waals surface area contributed by atoms with E-state index in [1.807, 2.05) is 0 Å². The Kier molecular flexibility index (Phi) is 3.76. The molecule has 1 aromatic rings. The van der Waals surface area contributed by atoms with Gasteiger partial charge in [0.25, 0.3) is 0 Å². The van der Waals surface area contributed by atoms with Crippen molar-refractivity contribution in [3.8, 4) is 0 Å². The van der Waals surface area contributed by atoms with Crippen LogP contribution in [0, 0.1) is 10.7 Å². The molecule has 4 nitrogen and oxygen atoms in total. The Morgan fingerprint density at radius 2 is 2.44 bits per heavy atom. The van der Waals surface area contributed by atoms with Crippen LogP contribution in [0.4, 0.5) is 0 Å². The minimum absolute atomic E-state index is 0.400. The van der Waals surface area contributed by atoms with Gasteiger partial charge in [0.05, 0.1) is 6.61 Å². The highest BCUT2D eigenvalue weighted by molar-refractivity contribution is 7.71. The Labute approximate surface area is 101 Å². The SMILES string of the molecule is CC(C)c1n[nH]c(=S)n1CC1CCCOC1. The van der Waals surface area contributed by atoms with Crippen LogP contribution >= 0.6 is 12.2 Å². The molecule has 1 N–H and O–H groups in total. The molecule has 0 spiro atoms. The standard InChI is InChI=1S/C11H19N3OS/c1-8(2)10-12-13-11(16)14(10)6-9-4-3-5-15-7-9/h8-9H,3-7H2,1-2H3,(H,13,16). The number of H-pyrrole nitrogens is 1. The molecule has 16 heavy (non-hydrogen) atoms. The lowest BCUT2D eigenvalue weighted by Gasteiger charge is -2.23. The van der Waals surface area contributed by atoms with Gasteiger partial charge in [0.2, 0.25) is 0 Å². The molecule has 1 unspecified atom stereocenters. The average Bonchev–Trinajstić information content (AvgIpc) is 2.62. The first-order chi connectivity index (χ1) is 7.68. The van der Waals surface area contributed by atoms with E-state index in [9.17, 15) is 0 Å². The van der Waals surface area contributed by atoms with Crippen LogP contribution in [-0.2, 0) is 11.3 Å². The van der Waals surface area contributed by atoms with Gasteiger partial charge in [-0.1, -0.05) is 13.8 Å². The maximum Gasteiger partial charge on any atom is 0.195 e. The Morgan fingerprint density at radius 3 is 3.06 bits per heavy atom. The predicted molar refractivity (Wildman–Crippen MR) is 65.0 cm³/mol. The number of rotatable bonds is 3. The van der Waals surface area contributed by atoms with Crippen LogP contribution in [0.15, 0.2) is 0 Å². The highest BCUT2D eigenvalue weighted by Gasteiger charge is 2.18. The van der Waals surface area contributed by atoms with Crippen LogP contribution in [0.25, 0.3) is 0 Å². The van der Waals surface area contributed by atoms with Crippen molar-refractivity contribution >= 4 is 12.2 Å². The molecule has 1 aliphatic heterocycles. The van der Waals surface area contributed by atoms with Crippen molar-refractivity contribution in [2.75, 3.05) is 13.2 Å². The summed E-state index contributed by atoms with van der Waals surface area (Å²) in [6.07, 6.45) is 2.39. The normalized spacial score (nSPS) is 21.6. The minimum atomic E-state index is 0.400. The summed E-state index contributed by atoms with van der Waals surface area (Å²) in [6.45, 7) is 6.97. The van der Waals surface area contributed by atoms with E-state index in [0.29, 0.717) is 11.8 Å². The summed E-state index contributed by atoms with van der Waals surface area (Å²) in [7, 11) is 0. The lowest BCUT2D eigenvalue weighted by molar-refractivity contribution is 0.0478. The van der Waals surface area contributed by atoms with Gasteiger partial charge >= 0.3 is 0 Å². The third-order valence-corrected chi connectivity index (χ3v) is 3.31. The maximum absolute atomic E-state index is 5.49. The highest BCUT2D eigenvalue weighted by Crippen LogP contribution is 2.19. The van der Waals surface area contributed by atoms with Crippen molar-refractivity contribution in [1.82, 2.24) is 14.8 Å². The number of hydrogen-bond acceptors (Lipinski definition) is 3. The van der Waals surface area contributed by atoms with Gasteiger partial charge in [-0.2, -0.15) is 5.10 Å². The molecule has 1 atom stereocenters. The summed E-state index contributed by atoms with van der Waals surface area (Å²) in [5.74, 6) is 2.03. The van der Waals surface area contributed by atoms with Gasteiger partial charge in [0.1, 0.15) is 5.82 Å². The van der Waals surface area contributed by atoms with Crippen LogP contribution in [0.1, 0.15) is 38.4 Å².